The van der Waals surface area contributed by atoms with Gasteiger partial charge in [-0.25, -0.2) is 4.39 Å². The molecule has 0 radical (unpaired) electrons. The van der Waals surface area contributed by atoms with Crippen LogP contribution < -0.4 is 5.32 Å². The Kier molecular flexibility index (Phi) is 7.77. The fourth-order valence-corrected chi connectivity index (χ4v) is 4.57. The predicted octanol–water partition coefficient (Wildman–Crippen LogP) is 5.51. The zero-order chi connectivity index (χ0) is 23.2. The zero-order valence-electron chi connectivity index (χ0n) is 19.0. The Morgan fingerprint density at radius 2 is 1.97 bits per heavy atom. The molecule has 0 aliphatic carbocycles. The number of carbonyl (C=O) groups excluding carboxylic acids is 1. The SMILES string of the molecule is CCC(C)c1ccc(NC(=O)CSc2nnc(-c3ccc(F)cc3)n2CC2CCCO2)cc1. The smallest absolute Gasteiger partial charge is 0.234 e. The molecule has 0 bridgehead atoms. The van der Waals surface area contributed by atoms with Crippen LogP contribution >= 0.6 is 11.8 Å². The van der Waals surface area contributed by atoms with Gasteiger partial charge >= 0.3 is 0 Å². The molecule has 1 aliphatic rings. The third-order valence-corrected chi connectivity index (χ3v) is 6.90. The number of hydrogen-bond acceptors (Lipinski definition) is 5. The molecule has 1 saturated heterocycles. The molecule has 0 spiro atoms. The average Bonchev–Trinajstić information content (AvgIpc) is 3.49. The van der Waals surface area contributed by atoms with Gasteiger partial charge in [0, 0.05) is 17.9 Å². The van der Waals surface area contributed by atoms with Crippen molar-refractivity contribution in [3.63, 3.8) is 0 Å². The van der Waals surface area contributed by atoms with Crippen LogP contribution in [0.5, 0.6) is 0 Å². The maximum absolute atomic E-state index is 13.4. The van der Waals surface area contributed by atoms with E-state index in [0.717, 1.165) is 37.1 Å². The number of rotatable bonds is 9. The van der Waals surface area contributed by atoms with E-state index in [-0.39, 0.29) is 23.6 Å². The standard InChI is InChI=1S/C25H29FN4O2S/c1-3-17(2)18-8-12-21(13-9-18)27-23(31)16-33-25-29-28-24(19-6-10-20(26)11-7-19)30(25)15-22-5-4-14-32-22/h6-13,17,22H,3-5,14-16H2,1-2H3,(H,27,31). The fraction of sp³-hybridized carbons (Fsp3) is 0.400. The van der Waals surface area contributed by atoms with E-state index >= 15 is 0 Å². The Morgan fingerprint density at radius 1 is 1.21 bits per heavy atom. The van der Waals surface area contributed by atoms with Gasteiger partial charge in [0.1, 0.15) is 5.82 Å². The highest BCUT2D eigenvalue weighted by Gasteiger charge is 2.22. The van der Waals surface area contributed by atoms with Crippen LogP contribution in [0.25, 0.3) is 11.4 Å². The molecule has 8 heteroatoms. The number of amides is 1. The number of thioether (sulfide) groups is 1. The number of nitrogens with zero attached hydrogens (tertiary/aromatic N) is 3. The number of hydrogen-bond donors (Lipinski definition) is 1. The first-order valence-electron chi connectivity index (χ1n) is 11.4. The van der Waals surface area contributed by atoms with Crippen molar-refractivity contribution < 1.29 is 13.9 Å². The second-order valence-corrected chi connectivity index (χ2v) is 9.27. The maximum Gasteiger partial charge on any atom is 0.234 e. The van der Waals surface area contributed by atoms with Gasteiger partial charge in [-0.05, 0) is 67.1 Å². The highest BCUT2D eigenvalue weighted by Crippen LogP contribution is 2.27. The molecule has 1 fully saturated rings. The number of ether oxygens (including phenoxy) is 1. The Balaban J connectivity index is 1.44. The lowest BCUT2D eigenvalue weighted by atomic mass is 9.99. The minimum absolute atomic E-state index is 0.0809. The van der Waals surface area contributed by atoms with Crippen LogP contribution in [0.1, 0.15) is 44.6 Å². The second kappa shape index (κ2) is 10.9. The molecular weight excluding hydrogens is 439 g/mol. The monoisotopic (exact) mass is 468 g/mol. The van der Waals surface area contributed by atoms with E-state index in [1.807, 2.05) is 16.7 Å². The molecule has 1 aromatic heterocycles. The summed E-state index contributed by atoms with van der Waals surface area (Å²) in [5.74, 6) is 0.948. The normalized spacial score (nSPS) is 16.6. The van der Waals surface area contributed by atoms with E-state index in [1.54, 1.807) is 12.1 Å². The largest absolute Gasteiger partial charge is 0.376 e. The summed E-state index contributed by atoms with van der Waals surface area (Å²) in [7, 11) is 0. The molecule has 4 rings (SSSR count). The van der Waals surface area contributed by atoms with E-state index in [9.17, 15) is 9.18 Å². The number of halogens is 1. The van der Waals surface area contributed by atoms with Gasteiger partial charge in [0.25, 0.3) is 0 Å². The van der Waals surface area contributed by atoms with Crippen molar-refractivity contribution in [1.82, 2.24) is 14.8 Å². The topological polar surface area (TPSA) is 69.0 Å². The molecule has 1 N–H and O–H groups in total. The van der Waals surface area contributed by atoms with Crippen LogP contribution in [-0.4, -0.2) is 39.1 Å². The highest BCUT2D eigenvalue weighted by atomic mass is 32.2. The van der Waals surface area contributed by atoms with Gasteiger partial charge < -0.3 is 10.1 Å². The first-order chi connectivity index (χ1) is 16.0. The summed E-state index contributed by atoms with van der Waals surface area (Å²) in [6, 6.07) is 14.2. The van der Waals surface area contributed by atoms with Crippen molar-refractivity contribution in [1.29, 1.82) is 0 Å². The van der Waals surface area contributed by atoms with Crippen molar-refractivity contribution in [3.8, 4) is 11.4 Å². The molecule has 6 nitrogen and oxygen atoms in total. The summed E-state index contributed by atoms with van der Waals surface area (Å²) in [6.07, 6.45) is 3.16. The van der Waals surface area contributed by atoms with E-state index in [0.29, 0.717) is 23.4 Å². The lowest BCUT2D eigenvalue weighted by Gasteiger charge is -2.15. The molecule has 3 aromatic rings. The van der Waals surface area contributed by atoms with Gasteiger partial charge in [-0.3, -0.25) is 9.36 Å². The van der Waals surface area contributed by atoms with Crippen LogP contribution in [0, 0.1) is 5.82 Å². The number of benzene rings is 2. The Hall–Kier alpha value is -2.71. The maximum atomic E-state index is 13.4. The van der Waals surface area contributed by atoms with Gasteiger partial charge in [0.05, 0.1) is 18.4 Å². The number of anilines is 1. The quantitative estimate of drug-likeness (QED) is 0.420. The Morgan fingerprint density at radius 3 is 2.64 bits per heavy atom. The van der Waals surface area contributed by atoms with Crippen LogP contribution in [-0.2, 0) is 16.1 Å². The van der Waals surface area contributed by atoms with Crippen molar-refractivity contribution in [2.75, 3.05) is 17.7 Å². The summed E-state index contributed by atoms with van der Waals surface area (Å²) in [4.78, 5) is 12.6. The van der Waals surface area contributed by atoms with Crippen molar-refractivity contribution in [2.24, 2.45) is 0 Å². The van der Waals surface area contributed by atoms with Crippen molar-refractivity contribution >= 4 is 23.4 Å². The zero-order valence-corrected chi connectivity index (χ0v) is 19.8. The molecule has 1 aliphatic heterocycles. The van der Waals surface area contributed by atoms with E-state index in [4.69, 9.17) is 4.74 Å². The molecule has 1 amide bonds. The first kappa shape index (κ1) is 23.4. The van der Waals surface area contributed by atoms with Gasteiger partial charge in [-0.1, -0.05) is 37.7 Å². The Bertz CT molecular complexity index is 1060. The van der Waals surface area contributed by atoms with Crippen LogP contribution in [0.4, 0.5) is 10.1 Å². The van der Waals surface area contributed by atoms with E-state index < -0.39 is 0 Å². The van der Waals surface area contributed by atoms with Crippen LogP contribution in [0.15, 0.2) is 53.7 Å². The highest BCUT2D eigenvalue weighted by molar-refractivity contribution is 7.99. The summed E-state index contributed by atoms with van der Waals surface area (Å²) >= 11 is 1.34. The van der Waals surface area contributed by atoms with Gasteiger partial charge in [0.2, 0.25) is 5.91 Å². The van der Waals surface area contributed by atoms with Gasteiger partial charge in [-0.15, -0.1) is 10.2 Å². The molecule has 2 unspecified atom stereocenters. The Labute approximate surface area is 197 Å². The van der Waals surface area contributed by atoms with Crippen LogP contribution in [0.2, 0.25) is 0 Å². The lowest BCUT2D eigenvalue weighted by Crippen LogP contribution is -2.18. The number of carbonyl (C=O) groups is 1. The number of aromatic nitrogens is 3. The molecule has 174 valence electrons. The third-order valence-electron chi connectivity index (χ3n) is 5.94. The average molecular weight is 469 g/mol. The summed E-state index contributed by atoms with van der Waals surface area (Å²) < 4.78 is 21.2. The van der Waals surface area contributed by atoms with Crippen molar-refractivity contribution in [3.05, 3.63) is 59.9 Å². The minimum Gasteiger partial charge on any atom is -0.376 e. The lowest BCUT2D eigenvalue weighted by molar-refractivity contribution is -0.113. The molecule has 33 heavy (non-hydrogen) atoms. The van der Waals surface area contributed by atoms with E-state index in [1.165, 1.54) is 29.5 Å². The van der Waals surface area contributed by atoms with Crippen LogP contribution in [0.3, 0.4) is 0 Å². The minimum atomic E-state index is -0.299. The predicted molar refractivity (Wildman–Crippen MR) is 129 cm³/mol. The van der Waals surface area contributed by atoms with Gasteiger partial charge in [0.15, 0.2) is 11.0 Å². The summed E-state index contributed by atoms with van der Waals surface area (Å²) in [5, 5.41) is 12.3. The molecule has 2 heterocycles. The fourth-order valence-electron chi connectivity index (χ4n) is 3.82. The number of nitrogens with one attached hydrogen (secondary N) is 1. The molecule has 2 aromatic carbocycles. The van der Waals surface area contributed by atoms with Gasteiger partial charge in [-0.2, -0.15) is 0 Å². The summed E-state index contributed by atoms with van der Waals surface area (Å²) in [6.45, 7) is 5.70. The van der Waals surface area contributed by atoms with E-state index in [2.05, 4.69) is 41.5 Å². The third kappa shape index (κ3) is 6.00. The molecule has 0 saturated carbocycles. The molecular formula is C25H29FN4O2S. The summed E-state index contributed by atoms with van der Waals surface area (Å²) in [5.41, 5.74) is 2.82. The first-order valence-corrected chi connectivity index (χ1v) is 12.4. The molecule has 2 atom stereocenters. The van der Waals surface area contributed by atoms with Crippen molar-refractivity contribution in [2.45, 2.75) is 56.8 Å². The second-order valence-electron chi connectivity index (χ2n) is 8.33.